The van der Waals surface area contributed by atoms with E-state index in [0.717, 1.165) is 6.07 Å². The van der Waals surface area contributed by atoms with Gasteiger partial charge in [-0.3, -0.25) is 5.32 Å². The maximum atomic E-state index is 13.1. The van der Waals surface area contributed by atoms with Crippen molar-refractivity contribution >= 4 is 0 Å². The van der Waals surface area contributed by atoms with Crippen molar-refractivity contribution in [3.8, 4) is 6.07 Å². The molecule has 0 amide bonds. The maximum absolute atomic E-state index is 13.1. The molecule has 104 valence electrons. The molecule has 0 radical (unpaired) electrons. The van der Waals surface area contributed by atoms with E-state index in [4.69, 9.17) is 10.00 Å². The average Bonchev–Trinajstić information content (AvgIpc) is 2.34. The van der Waals surface area contributed by atoms with Crippen molar-refractivity contribution in [2.75, 3.05) is 20.3 Å². The van der Waals surface area contributed by atoms with Crippen LogP contribution in [0.1, 0.15) is 17.2 Å². The van der Waals surface area contributed by atoms with Gasteiger partial charge in [0.1, 0.15) is 11.9 Å². The van der Waals surface area contributed by atoms with Crippen LogP contribution in [-0.4, -0.2) is 20.3 Å². The highest BCUT2D eigenvalue weighted by atomic mass is 19.4. The quantitative estimate of drug-likeness (QED) is 0.664. The van der Waals surface area contributed by atoms with Crippen LogP contribution in [0.3, 0.4) is 0 Å². The van der Waals surface area contributed by atoms with Crippen molar-refractivity contribution < 1.29 is 22.3 Å². The van der Waals surface area contributed by atoms with Crippen LogP contribution in [0, 0.1) is 17.1 Å². The number of nitrogens with zero attached hydrogens (tertiary/aromatic N) is 1. The molecule has 0 aliphatic carbocycles. The van der Waals surface area contributed by atoms with Crippen LogP contribution in [0.4, 0.5) is 17.6 Å². The molecule has 0 spiro atoms. The molecule has 0 aliphatic heterocycles. The third-order valence-corrected chi connectivity index (χ3v) is 2.41. The molecule has 1 atom stereocenters. The summed E-state index contributed by atoms with van der Waals surface area (Å²) in [7, 11) is 1.46. The summed E-state index contributed by atoms with van der Waals surface area (Å²) in [4.78, 5) is 0. The van der Waals surface area contributed by atoms with E-state index in [1.165, 1.54) is 7.11 Å². The van der Waals surface area contributed by atoms with Crippen LogP contribution in [0.2, 0.25) is 0 Å². The second-order valence-corrected chi connectivity index (χ2v) is 3.75. The van der Waals surface area contributed by atoms with Crippen LogP contribution in [0.25, 0.3) is 0 Å². The number of nitrogens with one attached hydrogen (secondary N) is 1. The molecule has 1 rings (SSSR count). The van der Waals surface area contributed by atoms with Gasteiger partial charge in [0.05, 0.1) is 18.2 Å². The molecule has 19 heavy (non-hydrogen) atoms. The lowest BCUT2D eigenvalue weighted by atomic mass is 10.0. The zero-order valence-corrected chi connectivity index (χ0v) is 10.1. The van der Waals surface area contributed by atoms with E-state index < -0.39 is 23.6 Å². The molecular weight excluding hydrogens is 264 g/mol. The first-order valence-corrected chi connectivity index (χ1v) is 5.38. The number of ether oxygens (including phenoxy) is 1. The fourth-order valence-electron chi connectivity index (χ4n) is 1.48. The highest BCUT2D eigenvalue weighted by Gasteiger charge is 2.34. The van der Waals surface area contributed by atoms with Crippen molar-refractivity contribution in [2.24, 2.45) is 0 Å². The van der Waals surface area contributed by atoms with Crippen LogP contribution in [0.15, 0.2) is 18.2 Å². The van der Waals surface area contributed by atoms with Gasteiger partial charge in [-0.15, -0.1) is 0 Å². The van der Waals surface area contributed by atoms with Gasteiger partial charge in [-0.25, -0.2) is 4.39 Å². The van der Waals surface area contributed by atoms with Crippen LogP contribution < -0.4 is 5.32 Å². The summed E-state index contributed by atoms with van der Waals surface area (Å²) in [5.41, 5.74) is -1.31. The molecule has 3 nitrogen and oxygen atoms in total. The van der Waals surface area contributed by atoms with Gasteiger partial charge in [-0.05, 0) is 17.7 Å². The molecule has 1 aromatic carbocycles. The van der Waals surface area contributed by atoms with Gasteiger partial charge in [0.2, 0.25) is 0 Å². The summed E-state index contributed by atoms with van der Waals surface area (Å²) in [5, 5.41) is 11.6. The monoisotopic (exact) mass is 276 g/mol. The first-order valence-electron chi connectivity index (χ1n) is 5.38. The minimum Gasteiger partial charge on any atom is -0.383 e. The summed E-state index contributed by atoms with van der Waals surface area (Å²) in [6.45, 7) is 0.610. The summed E-state index contributed by atoms with van der Waals surface area (Å²) in [6.07, 6.45) is -4.79. The summed E-state index contributed by atoms with van der Waals surface area (Å²) >= 11 is 0. The van der Waals surface area contributed by atoms with Crippen molar-refractivity contribution in [3.05, 3.63) is 35.1 Å². The van der Waals surface area contributed by atoms with Gasteiger partial charge in [-0.1, -0.05) is 6.07 Å². The Balaban J connectivity index is 2.97. The lowest BCUT2D eigenvalue weighted by molar-refractivity contribution is -0.140. The van der Waals surface area contributed by atoms with E-state index in [2.05, 4.69) is 5.32 Å². The highest BCUT2D eigenvalue weighted by Crippen LogP contribution is 2.32. The Hall–Kier alpha value is -1.65. The van der Waals surface area contributed by atoms with Gasteiger partial charge in [-0.2, -0.15) is 18.4 Å². The van der Waals surface area contributed by atoms with Gasteiger partial charge in [0.15, 0.2) is 0 Å². The van der Waals surface area contributed by atoms with Crippen LogP contribution >= 0.6 is 0 Å². The maximum Gasteiger partial charge on any atom is 0.419 e. The number of rotatable bonds is 5. The zero-order chi connectivity index (χ0) is 14.5. The number of nitriles is 1. The van der Waals surface area contributed by atoms with Crippen molar-refractivity contribution in [1.82, 2.24) is 5.32 Å². The van der Waals surface area contributed by atoms with Gasteiger partial charge >= 0.3 is 6.18 Å². The normalized spacial score (nSPS) is 13.1. The molecule has 0 saturated heterocycles. The fraction of sp³-hybridized carbons (Fsp3) is 0.417. The van der Waals surface area contributed by atoms with E-state index in [-0.39, 0.29) is 5.56 Å². The van der Waals surface area contributed by atoms with Gasteiger partial charge < -0.3 is 4.74 Å². The van der Waals surface area contributed by atoms with Gasteiger partial charge in [0.25, 0.3) is 0 Å². The van der Waals surface area contributed by atoms with Crippen molar-refractivity contribution in [2.45, 2.75) is 12.2 Å². The molecule has 0 fully saturated rings. The van der Waals surface area contributed by atoms with E-state index in [1.807, 2.05) is 6.07 Å². The van der Waals surface area contributed by atoms with E-state index in [1.54, 1.807) is 0 Å². The molecule has 0 aliphatic rings. The Morgan fingerprint density at radius 1 is 1.42 bits per heavy atom. The molecule has 0 saturated carbocycles. The second-order valence-electron chi connectivity index (χ2n) is 3.75. The van der Waals surface area contributed by atoms with Crippen LogP contribution in [-0.2, 0) is 10.9 Å². The largest absolute Gasteiger partial charge is 0.419 e. The topological polar surface area (TPSA) is 45.0 Å². The molecule has 1 aromatic rings. The molecule has 7 heteroatoms. The Morgan fingerprint density at radius 2 is 2.11 bits per heavy atom. The van der Waals surface area contributed by atoms with Gasteiger partial charge in [0, 0.05) is 13.7 Å². The molecule has 1 N–H and O–H groups in total. The predicted molar refractivity (Wildman–Crippen MR) is 59.6 cm³/mol. The molecule has 0 aromatic heterocycles. The fourth-order valence-corrected chi connectivity index (χ4v) is 1.48. The molecule has 1 unspecified atom stereocenters. The van der Waals surface area contributed by atoms with E-state index in [9.17, 15) is 17.6 Å². The Kier molecular flexibility index (Phi) is 5.27. The Labute approximate surface area is 107 Å². The molecule has 0 heterocycles. The minimum absolute atomic E-state index is 0.0623. The number of benzene rings is 1. The predicted octanol–water partition coefficient (Wildman–Crippen LogP) is 2.65. The smallest absolute Gasteiger partial charge is 0.383 e. The van der Waals surface area contributed by atoms with Crippen LogP contribution in [0.5, 0.6) is 0 Å². The minimum atomic E-state index is -4.79. The third kappa shape index (κ3) is 4.19. The highest BCUT2D eigenvalue weighted by molar-refractivity contribution is 5.32. The number of hydrogen-bond donors (Lipinski definition) is 1. The zero-order valence-electron chi connectivity index (χ0n) is 10.1. The Morgan fingerprint density at radius 3 is 2.63 bits per heavy atom. The number of hydrogen-bond acceptors (Lipinski definition) is 3. The number of halogens is 4. The third-order valence-electron chi connectivity index (χ3n) is 2.41. The number of alkyl halides is 3. The summed E-state index contributed by atoms with van der Waals surface area (Å²) < 4.78 is 55.5. The van der Waals surface area contributed by atoms with Crippen molar-refractivity contribution in [3.63, 3.8) is 0 Å². The molecular formula is C12H12F4N2O. The standard InChI is InChI=1S/C12H12F4N2O/c1-19-5-4-18-11(7-17)8-2-3-10(13)9(6-8)12(14,15)16/h2-3,6,11,18H,4-5H2,1H3. The summed E-state index contributed by atoms with van der Waals surface area (Å²) in [5.74, 6) is -1.36. The lowest BCUT2D eigenvalue weighted by Gasteiger charge is -2.14. The number of methoxy groups -OCH3 is 1. The second kappa shape index (κ2) is 6.50. The van der Waals surface area contributed by atoms with E-state index >= 15 is 0 Å². The summed E-state index contributed by atoms with van der Waals surface area (Å²) in [6, 6.07) is 3.37. The first kappa shape index (κ1) is 15.4. The van der Waals surface area contributed by atoms with Crippen molar-refractivity contribution in [1.29, 1.82) is 5.26 Å². The lowest BCUT2D eigenvalue weighted by Crippen LogP contribution is -2.24. The van der Waals surface area contributed by atoms with E-state index in [0.29, 0.717) is 25.3 Å². The molecule has 0 bridgehead atoms. The Bertz CT molecular complexity index is 468. The average molecular weight is 276 g/mol. The SMILES string of the molecule is COCCNC(C#N)c1ccc(F)c(C(F)(F)F)c1. The first-order chi connectivity index (χ1) is 8.90.